The van der Waals surface area contributed by atoms with Crippen LogP contribution in [0.25, 0.3) is 0 Å². The summed E-state index contributed by atoms with van der Waals surface area (Å²) in [5.74, 6) is 0.00198. The van der Waals surface area contributed by atoms with Crippen LogP contribution in [0, 0.1) is 17.3 Å². The first-order valence-electron chi connectivity index (χ1n) is 8.01. The highest BCUT2D eigenvalue weighted by atomic mass is 16.5. The third kappa shape index (κ3) is 2.99. The average Bonchev–Trinajstić information content (AvgIpc) is 2.50. The van der Waals surface area contributed by atoms with Crippen molar-refractivity contribution in [3.05, 3.63) is 48.0 Å². The van der Waals surface area contributed by atoms with Crippen molar-refractivity contribution < 1.29 is 14.3 Å². The quantitative estimate of drug-likeness (QED) is 0.632. The Morgan fingerprint density at radius 2 is 2.09 bits per heavy atom. The standard InChI is InChI=1S/C19H22O3/c1-19-10-5-8-15(17(19)20)12-16(13-19)18(21)22-11-9-14-6-3-2-4-7-14/h2-7,10,15-16H,8-9,11-13H2,1H3/t15-,16+,19+/m0/s1. The lowest BCUT2D eigenvalue weighted by Gasteiger charge is -2.40. The minimum absolute atomic E-state index is 0.00424. The Hall–Kier alpha value is -1.90. The van der Waals surface area contributed by atoms with Crippen molar-refractivity contribution in [2.45, 2.75) is 32.6 Å². The van der Waals surface area contributed by atoms with Crippen molar-refractivity contribution in [2.24, 2.45) is 17.3 Å². The van der Waals surface area contributed by atoms with Crippen LogP contribution in [0.2, 0.25) is 0 Å². The summed E-state index contributed by atoms with van der Waals surface area (Å²) in [6, 6.07) is 10.0. The second kappa shape index (κ2) is 6.07. The predicted molar refractivity (Wildman–Crippen MR) is 84.2 cm³/mol. The van der Waals surface area contributed by atoms with Crippen LogP contribution in [-0.2, 0) is 20.7 Å². The monoisotopic (exact) mass is 298 g/mol. The largest absolute Gasteiger partial charge is 0.465 e. The van der Waals surface area contributed by atoms with E-state index in [4.69, 9.17) is 4.74 Å². The molecule has 2 aliphatic rings. The molecule has 0 heterocycles. The van der Waals surface area contributed by atoms with Gasteiger partial charge in [-0.2, -0.15) is 0 Å². The average molecular weight is 298 g/mol. The zero-order chi connectivity index (χ0) is 15.6. The fourth-order valence-corrected chi connectivity index (χ4v) is 3.67. The molecule has 0 aromatic heterocycles. The van der Waals surface area contributed by atoms with Crippen LogP contribution in [-0.4, -0.2) is 18.4 Å². The molecule has 3 atom stereocenters. The summed E-state index contributed by atoms with van der Waals surface area (Å²) >= 11 is 0. The van der Waals surface area contributed by atoms with Crippen LogP contribution in [0.15, 0.2) is 42.5 Å². The number of esters is 1. The smallest absolute Gasteiger partial charge is 0.309 e. The van der Waals surface area contributed by atoms with E-state index in [-0.39, 0.29) is 17.8 Å². The molecule has 0 N–H and O–H groups in total. The second-order valence-electron chi connectivity index (χ2n) is 6.66. The van der Waals surface area contributed by atoms with Gasteiger partial charge in [-0.3, -0.25) is 9.59 Å². The third-order valence-corrected chi connectivity index (χ3v) is 4.89. The maximum atomic E-state index is 12.3. The fourth-order valence-electron chi connectivity index (χ4n) is 3.67. The van der Waals surface area contributed by atoms with Crippen molar-refractivity contribution >= 4 is 11.8 Å². The molecule has 2 aliphatic carbocycles. The SMILES string of the molecule is C[C@@]12C=CC[C@@H](C[C@@H](C(=O)OCCc3ccccc3)C1)C2=O. The van der Waals surface area contributed by atoms with Crippen molar-refractivity contribution in [3.8, 4) is 0 Å². The Kier molecular flexibility index (Phi) is 4.14. The molecule has 2 bridgehead atoms. The molecule has 0 aliphatic heterocycles. The lowest BCUT2D eigenvalue weighted by atomic mass is 9.62. The van der Waals surface area contributed by atoms with Crippen LogP contribution in [0.4, 0.5) is 0 Å². The van der Waals surface area contributed by atoms with Crippen molar-refractivity contribution in [2.75, 3.05) is 6.61 Å². The number of carbonyl (C=O) groups excluding carboxylic acids is 2. The number of rotatable bonds is 4. The Morgan fingerprint density at radius 1 is 1.32 bits per heavy atom. The second-order valence-corrected chi connectivity index (χ2v) is 6.66. The molecule has 3 nitrogen and oxygen atoms in total. The number of ether oxygens (including phenoxy) is 1. The van der Waals surface area contributed by atoms with Gasteiger partial charge in [0.05, 0.1) is 12.5 Å². The Morgan fingerprint density at radius 3 is 2.82 bits per heavy atom. The molecule has 3 heteroatoms. The van der Waals surface area contributed by atoms with E-state index in [1.54, 1.807) is 0 Å². The van der Waals surface area contributed by atoms with Gasteiger partial charge in [-0.15, -0.1) is 0 Å². The van der Waals surface area contributed by atoms with E-state index in [1.165, 1.54) is 5.56 Å². The first-order valence-corrected chi connectivity index (χ1v) is 8.01. The molecule has 0 spiro atoms. The number of carbonyl (C=O) groups is 2. The molecule has 0 amide bonds. The van der Waals surface area contributed by atoms with Crippen LogP contribution in [0.1, 0.15) is 31.7 Å². The summed E-state index contributed by atoms with van der Waals surface area (Å²) < 4.78 is 5.46. The van der Waals surface area contributed by atoms with Crippen LogP contribution in [0.3, 0.4) is 0 Å². The molecule has 116 valence electrons. The molecule has 3 rings (SSSR count). The van der Waals surface area contributed by atoms with Gasteiger partial charge >= 0.3 is 5.97 Å². The summed E-state index contributed by atoms with van der Waals surface area (Å²) in [6.45, 7) is 2.35. The van der Waals surface area contributed by atoms with Crippen LogP contribution < -0.4 is 0 Å². The zero-order valence-corrected chi connectivity index (χ0v) is 13.0. The number of hydrogen-bond acceptors (Lipinski definition) is 3. The van der Waals surface area contributed by atoms with Crippen molar-refractivity contribution in [3.63, 3.8) is 0 Å². The minimum Gasteiger partial charge on any atom is -0.465 e. The van der Waals surface area contributed by atoms with Gasteiger partial charge in [0, 0.05) is 17.8 Å². The van der Waals surface area contributed by atoms with Gasteiger partial charge in [0.15, 0.2) is 0 Å². The summed E-state index contributed by atoms with van der Waals surface area (Å²) in [4.78, 5) is 24.6. The third-order valence-electron chi connectivity index (χ3n) is 4.89. The minimum atomic E-state index is -0.468. The van der Waals surface area contributed by atoms with E-state index in [1.807, 2.05) is 43.3 Å². The van der Waals surface area contributed by atoms with Crippen LogP contribution >= 0.6 is 0 Å². The summed E-state index contributed by atoms with van der Waals surface area (Å²) in [5.41, 5.74) is 0.700. The van der Waals surface area contributed by atoms with Gasteiger partial charge in [0.2, 0.25) is 0 Å². The van der Waals surface area contributed by atoms with Gasteiger partial charge in [-0.25, -0.2) is 0 Å². The van der Waals surface area contributed by atoms with Gasteiger partial charge < -0.3 is 4.74 Å². The lowest BCUT2D eigenvalue weighted by Crippen LogP contribution is -2.44. The summed E-state index contributed by atoms with van der Waals surface area (Å²) in [6.07, 6.45) is 6.80. The molecule has 0 saturated heterocycles. The van der Waals surface area contributed by atoms with Crippen molar-refractivity contribution in [1.82, 2.24) is 0 Å². The molecular formula is C19H22O3. The fraction of sp³-hybridized carbons (Fsp3) is 0.474. The lowest BCUT2D eigenvalue weighted by molar-refractivity contribution is -0.154. The van der Waals surface area contributed by atoms with Gasteiger partial charge in [-0.05, 0) is 31.7 Å². The van der Waals surface area contributed by atoms with Gasteiger partial charge in [-0.1, -0.05) is 42.5 Å². The summed E-state index contributed by atoms with van der Waals surface area (Å²) in [7, 11) is 0. The van der Waals surface area contributed by atoms with Crippen molar-refractivity contribution in [1.29, 1.82) is 0 Å². The first kappa shape index (κ1) is 15.0. The first-order chi connectivity index (χ1) is 10.6. The maximum absolute atomic E-state index is 12.3. The molecule has 1 fully saturated rings. The Bertz CT molecular complexity index is 590. The molecule has 0 unspecified atom stereocenters. The summed E-state index contributed by atoms with van der Waals surface area (Å²) in [5, 5.41) is 0. The molecule has 1 saturated carbocycles. The number of Topliss-reactive ketones (excluding diaryl/α,β-unsaturated/α-hetero) is 1. The van der Waals surface area contributed by atoms with Crippen LogP contribution in [0.5, 0.6) is 0 Å². The number of fused-ring (bicyclic) bond motifs is 2. The normalized spacial score (nSPS) is 30.1. The highest BCUT2D eigenvalue weighted by molar-refractivity contribution is 5.92. The van der Waals surface area contributed by atoms with E-state index in [0.717, 1.165) is 12.8 Å². The van der Waals surface area contributed by atoms with E-state index >= 15 is 0 Å². The molecule has 0 radical (unpaired) electrons. The molecule has 1 aromatic rings. The highest BCUT2D eigenvalue weighted by Gasteiger charge is 2.47. The van der Waals surface area contributed by atoms with Gasteiger partial charge in [0.25, 0.3) is 0 Å². The van der Waals surface area contributed by atoms with E-state index in [0.29, 0.717) is 25.2 Å². The number of hydrogen-bond donors (Lipinski definition) is 0. The zero-order valence-electron chi connectivity index (χ0n) is 13.0. The number of benzene rings is 1. The van der Waals surface area contributed by atoms with E-state index in [2.05, 4.69) is 6.08 Å². The molecule has 1 aromatic carbocycles. The highest BCUT2D eigenvalue weighted by Crippen LogP contribution is 2.45. The maximum Gasteiger partial charge on any atom is 0.309 e. The topological polar surface area (TPSA) is 43.4 Å². The van der Waals surface area contributed by atoms with E-state index in [9.17, 15) is 9.59 Å². The number of allylic oxidation sites excluding steroid dienone is 2. The molecule has 22 heavy (non-hydrogen) atoms. The van der Waals surface area contributed by atoms with E-state index < -0.39 is 5.41 Å². The van der Waals surface area contributed by atoms with Gasteiger partial charge in [0.1, 0.15) is 5.78 Å². The predicted octanol–water partition coefficient (Wildman–Crippen LogP) is 3.33. The molecular weight excluding hydrogens is 276 g/mol. The Balaban J connectivity index is 1.55. The number of ketones is 1. The Labute approximate surface area is 131 Å².